The lowest BCUT2D eigenvalue weighted by molar-refractivity contribution is -0.480. The Balaban J connectivity index is 2.55. The zero-order chi connectivity index (χ0) is 21.8. The summed E-state index contributed by atoms with van der Waals surface area (Å²) in [6.07, 6.45) is 0. The second-order valence-electron chi connectivity index (χ2n) is 6.50. The van der Waals surface area contributed by atoms with Crippen LogP contribution in [0.4, 0.5) is 0 Å². The number of hydrogen-bond acceptors (Lipinski definition) is 7. The van der Waals surface area contributed by atoms with Crippen LogP contribution in [0.15, 0.2) is 60.7 Å². The molecule has 1 heterocycles. The number of hydrogen-bond donors (Lipinski definition) is 0. The number of methoxy groups -OCH3 is 4. The van der Waals surface area contributed by atoms with Crippen LogP contribution in [0.2, 0.25) is 0 Å². The molecular weight excluding hydrogens is 384 g/mol. The predicted molar refractivity (Wildman–Crippen MR) is 108 cm³/mol. The lowest BCUT2D eigenvalue weighted by Crippen LogP contribution is -2.70. The Kier molecular flexibility index (Phi) is 5.93. The lowest BCUT2D eigenvalue weighted by atomic mass is 9.68. The third-order valence-electron chi connectivity index (χ3n) is 5.28. The molecule has 0 spiro atoms. The van der Waals surface area contributed by atoms with E-state index in [0.717, 1.165) is 0 Å². The van der Waals surface area contributed by atoms with Gasteiger partial charge in [0, 0.05) is 39.6 Å². The molecule has 0 unspecified atom stereocenters. The van der Waals surface area contributed by atoms with Crippen molar-refractivity contribution in [2.24, 2.45) is 5.41 Å². The highest BCUT2D eigenvalue weighted by Gasteiger charge is 2.76. The van der Waals surface area contributed by atoms with E-state index in [1.807, 2.05) is 24.3 Å². The zero-order valence-corrected chi connectivity index (χ0v) is 17.2. The maximum absolute atomic E-state index is 10.4. The number of benzene rings is 2. The van der Waals surface area contributed by atoms with Gasteiger partial charge in [-0.2, -0.15) is 10.5 Å². The molecule has 0 aromatic heterocycles. The minimum atomic E-state index is -2.07. The summed E-state index contributed by atoms with van der Waals surface area (Å²) in [5.74, 6) is -3.87. The van der Waals surface area contributed by atoms with Crippen LogP contribution in [0, 0.1) is 28.1 Å². The average Bonchev–Trinajstić information content (AvgIpc) is 2.83. The fourth-order valence-corrected chi connectivity index (χ4v) is 3.92. The molecule has 0 atom stereocenters. The Hall–Kier alpha value is -3.20. The van der Waals surface area contributed by atoms with Crippen LogP contribution in [-0.2, 0) is 23.7 Å². The van der Waals surface area contributed by atoms with Gasteiger partial charge in [-0.3, -0.25) is 0 Å². The van der Waals surface area contributed by atoms with E-state index in [2.05, 4.69) is 12.1 Å². The number of nitrogens with zero attached hydrogens (tertiary/aromatic N) is 2. The first-order valence-electron chi connectivity index (χ1n) is 9.13. The maximum atomic E-state index is 10.4. The van der Waals surface area contributed by atoms with Gasteiger partial charge in [0.25, 0.3) is 0 Å². The molecule has 0 fully saturated rings. The summed E-state index contributed by atoms with van der Waals surface area (Å²) in [6.45, 7) is 0. The Morgan fingerprint density at radius 3 is 1.57 bits per heavy atom. The first-order chi connectivity index (χ1) is 14.5. The third kappa shape index (κ3) is 2.72. The second-order valence-corrected chi connectivity index (χ2v) is 6.50. The van der Waals surface area contributed by atoms with Crippen LogP contribution in [0.5, 0.6) is 0 Å². The van der Waals surface area contributed by atoms with Gasteiger partial charge in [-0.25, -0.2) is 0 Å². The molecule has 1 aliphatic rings. The standard InChI is InChI=1S/C23H22N2O5/c1-26-22(27-2)21(15-24,16-25)19(17-11-7-5-8-12-17)20(18-13-9-6-10-14-18)30-23(22,28-3)29-4/h5-14H,1-4H3. The number of nitriles is 2. The van der Waals surface area contributed by atoms with Crippen molar-refractivity contribution in [3.63, 3.8) is 0 Å². The smallest absolute Gasteiger partial charge is 0.387 e. The maximum Gasteiger partial charge on any atom is 0.387 e. The van der Waals surface area contributed by atoms with Gasteiger partial charge in [0.15, 0.2) is 0 Å². The van der Waals surface area contributed by atoms with Gasteiger partial charge in [0.1, 0.15) is 5.76 Å². The highest BCUT2D eigenvalue weighted by atomic mass is 16.9. The highest BCUT2D eigenvalue weighted by Crippen LogP contribution is 2.59. The second kappa shape index (κ2) is 8.27. The van der Waals surface area contributed by atoms with Crippen molar-refractivity contribution in [3.05, 3.63) is 71.8 Å². The fraction of sp³-hybridized carbons (Fsp3) is 0.304. The summed E-state index contributed by atoms with van der Waals surface area (Å²) in [7, 11) is 5.26. The van der Waals surface area contributed by atoms with Crippen molar-refractivity contribution in [2.45, 2.75) is 11.8 Å². The molecule has 0 saturated carbocycles. The highest BCUT2D eigenvalue weighted by molar-refractivity contribution is 5.95. The Morgan fingerprint density at radius 2 is 1.17 bits per heavy atom. The molecule has 3 rings (SSSR count). The molecule has 0 bridgehead atoms. The van der Waals surface area contributed by atoms with Crippen molar-refractivity contribution in [2.75, 3.05) is 28.4 Å². The molecule has 0 amide bonds. The first kappa shape index (κ1) is 21.5. The molecule has 0 N–H and O–H groups in total. The minimum absolute atomic E-state index is 0.248. The van der Waals surface area contributed by atoms with E-state index in [1.165, 1.54) is 28.4 Å². The first-order valence-corrected chi connectivity index (χ1v) is 9.13. The number of rotatable bonds is 6. The molecule has 30 heavy (non-hydrogen) atoms. The van der Waals surface area contributed by atoms with E-state index in [1.54, 1.807) is 36.4 Å². The molecule has 154 valence electrons. The molecular formula is C23H22N2O5. The van der Waals surface area contributed by atoms with E-state index in [0.29, 0.717) is 11.1 Å². The quantitative estimate of drug-likeness (QED) is 0.677. The van der Waals surface area contributed by atoms with Crippen molar-refractivity contribution >= 4 is 11.3 Å². The van der Waals surface area contributed by atoms with Crippen molar-refractivity contribution < 1.29 is 23.7 Å². The predicted octanol–water partition coefficient (Wildman–Crippen LogP) is 3.55. The topological polar surface area (TPSA) is 93.7 Å². The van der Waals surface area contributed by atoms with Crippen LogP contribution in [0.25, 0.3) is 11.3 Å². The van der Waals surface area contributed by atoms with Gasteiger partial charge in [0.05, 0.1) is 12.1 Å². The van der Waals surface area contributed by atoms with Gasteiger partial charge in [-0.1, -0.05) is 60.7 Å². The monoisotopic (exact) mass is 406 g/mol. The van der Waals surface area contributed by atoms with Gasteiger partial charge in [-0.05, 0) is 5.56 Å². The fourth-order valence-electron chi connectivity index (χ4n) is 3.92. The van der Waals surface area contributed by atoms with Crippen molar-refractivity contribution in [3.8, 4) is 12.1 Å². The van der Waals surface area contributed by atoms with Crippen molar-refractivity contribution in [1.82, 2.24) is 0 Å². The van der Waals surface area contributed by atoms with Crippen LogP contribution in [0.1, 0.15) is 11.1 Å². The van der Waals surface area contributed by atoms with Crippen LogP contribution < -0.4 is 0 Å². The summed E-state index contributed by atoms with van der Waals surface area (Å²) >= 11 is 0. The molecule has 7 nitrogen and oxygen atoms in total. The molecule has 7 heteroatoms. The molecule has 2 aromatic carbocycles. The molecule has 0 aliphatic carbocycles. The summed E-state index contributed by atoms with van der Waals surface area (Å²) in [4.78, 5) is 0. The minimum Gasteiger partial charge on any atom is -0.434 e. The summed E-state index contributed by atoms with van der Waals surface area (Å²) in [5, 5.41) is 20.9. The summed E-state index contributed by atoms with van der Waals surface area (Å²) in [5.41, 5.74) is -0.509. The van der Waals surface area contributed by atoms with E-state index >= 15 is 0 Å². The number of ether oxygens (including phenoxy) is 5. The summed E-state index contributed by atoms with van der Waals surface area (Å²) in [6, 6.07) is 22.4. The Morgan fingerprint density at radius 1 is 0.700 bits per heavy atom. The van der Waals surface area contributed by atoms with Crippen LogP contribution >= 0.6 is 0 Å². The third-order valence-corrected chi connectivity index (χ3v) is 5.28. The van der Waals surface area contributed by atoms with Crippen molar-refractivity contribution in [1.29, 1.82) is 10.5 Å². The van der Waals surface area contributed by atoms with E-state index in [4.69, 9.17) is 23.7 Å². The molecule has 0 saturated heterocycles. The summed E-state index contributed by atoms with van der Waals surface area (Å²) < 4.78 is 28.8. The molecule has 1 aliphatic heterocycles. The Bertz CT molecular complexity index is 983. The zero-order valence-electron chi connectivity index (χ0n) is 17.2. The van der Waals surface area contributed by atoms with E-state index in [-0.39, 0.29) is 11.3 Å². The molecule has 0 radical (unpaired) electrons. The van der Waals surface area contributed by atoms with Gasteiger partial charge < -0.3 is 23.7 Å². The molecule has 2 aromatic rings. The SMILES string of the molecule is COC1(OC)OC(c2ccccc2)=C(c2ccccc2)C(C#N)(C#N)C1(OC)OC. The van der Waals surface area contributed by atoms with E-state index in [9.17, 15) is 10.5 Å². The lowest BCUT2D eigenvalue weighted by Gasteiger charge is -2.53. The van der Waals surface area contributed by atoms with Gasteiger partial charge in [-0.15, -0.1) is 0 Å². The normalized spacial score (nSPS) is 18.7. The van der Waals surface area contributed by atoms with Gasteiger partial charge >= 0.3 is 11.8 Å². The van der Waals surface area contributed by atoms with Crippen LogP contribution in [-0.4, -0.2) is 40.2 Å². The largest absolute Gasteiger partial charge is 0.434 e. The average molecular weight is 406 g/mol. The van der Waals surface area contributed by atoms with E-state index < -0.39 is 17.2 Å². The Labute approximate surface area is 175 Å². The van der Waals surface area contributed by atoms with Crippen LogP contribution in [0.3, 0.4) is 0 Å². The van der Waals surface area contributed by atoms with Gasteiger partial charge in [0.2, 0.25) is 5.41 Å².